The van der Waals surface area contributed by atoms with E-state index in [-0.39, 0.29) is 5.91 Å². The lowest BCUT2D eigenvalue weighted by Crippen LogP contribution is -2.13. The molecule has 0 aliphatic rings. The molecule has 0 saturated heterocycles. The summed E-state index contributed by atoms with van der Waals surface area (Å²) in [5.41, 5.74) is 2.69. The van der Waals surface area contributed by atoms with Gasteiger partial charge in [-0.15, -0.1) is 0 Å². The summed E-state index contributed by atoms with van der Waals surface area (Å²) in [5.74, 6) is 1.23. The first-order valence-electron chi connectivity index (χ1n) is 8.62. The van der Waals surface area contributed by atoms with Crippen LogP contribution >= 0.6 is 0 Å². The number of para-hydroxylation sites is 1. The number of nitrogens with zero attached hydrogens (tertiary/aromatic N) is 3. The third-order valence-corrected chi connectivity index (χ3v) is 4.30. The predicted molar refractivity (Wildman–Crippen MR) is 106 cm³/mol. The third-order valence-electron chi connectivity index (χ3n) is 4.30. The molecule has 4 rings (SSSR count). The monoisotopic (exact) mass is 374 g/mol. The fourth-order valence-corrected chi connectivity index (χ4v) is 2.99. The number of ether oxygens (including phenoxy) is 2. The Morgan fingerprint density at radius 2 is 1.93 bits per heavy atom. The SMILES string of the molecule is COc1cccc(C(=O)Nc2cccc(-c3cn4cccnc4n3)c2)c1OC. The lowest BCUT2D eigenvalue weighted by atomic mass is 10.1. The molecule has 0 fully saturated rings. The van der Waals surface area contributed by atoms with Crippen LogP contribution in [0.1, 0.15) is 10.4 Å². The van der Waals surface area contributed by atoms with Gasteiger partial charge in [-0.05, 0) is 30.3 Å². The van der Waals surface area contributed by atoms with E-state index < -0.39 is 0 Å². The lowest BCUT2D eigenvalue weighted by molar-refractivity contribution is 0.102. The van der Waals surface area contributed by atoms with Gasteiger partial charge in [-0.2, -0.15) is 0 Å². The molecular formula is C21H18N4O3. The first-order chi connectivity index (χ1) is 13.7. The zero-order valence-electron chi connectivity index (χ0n) is 15.4. The molecule has 0 atom stereocenters. The number of imidazole rings is 1. The van der Waals surface area contributed by atoms with Crippen molar-refractivity contribution in [2.75, 3.05) is 19.5 Å². The zero-order chi connectivity index (χ0) is 19.5. The van der Waals surface area contributed by atoms with Crippen molar-refractivity contribution in [3.63, 3.8) is 0 Å². The molecule has 0 spiro atoms. The molecule has 2 heterocycles. The van der Waals surface area contributed by atoms with Gasteiger partial charge in [-0.25, -0.2) is 9.97 Å². The fourth-order valence-electron chi connectivity index (χ4n) is 2.99. The topological polar surface area (TPSA) is 77.8 Å². The van der Waals surface area contributed by atoms with E-state index in [1.165, 1.54) is 14.2 Å². The highest BCUT2D eigenvalue weighted by atomic mass is 16.5. The molecule has 0 aliphatic carbocycles. The van der Waals surface area contributed by atoms with E-state index in [0.29, 0.717) is 28.5 Å². The summed E-state index contributed by atoms with van der Waals surface area (Å²) in [6, 6.07) is 14.5. The van der Waals surface area contributed by atoms with Crippen LogP contribution in [0.15, 0.2) is 67.1 Å². The highest BCUT2D eigenvalue weighted by Gasteiger charge is 2.17. The minimum atomic E-state index is -0.287. The number of benzene rings is 2. The van der Waals surface area contributed by atoms with Gasteiger partial charge in [0.1, 0.15) is 0 Å². The van der Waals surface area contributed by atoms with E-state index in [1.807, 2.05) is 47.1 Å². The average Bonchev–Trinajstić information content (AvgIpc) is 3.17. The first kappa shape index (κ1) is 17.5. The van der Waals surface area contributed by atoms with E-state index in [1.54, 1.807) is 24.4 Å². The van der Waals surface area contributed by atoms with Crippen molar-refractivity contribution in [1.29, 1.82) is 0 Å². The standard InChI is InChI=1S/C21H18N4O3/c1-27-18-9-4-8-16(19(18)28-2)20(26)23-15-7-3-6-14(12-15)17-13-25-11-5-10-22-21(25)24-17/h3-13H,1-2H3,(H,23,26). The Morgan fingerprint density at radius 3 is 2.71 bits per heavy atom. The van der Waals surface area contributed by atoms with Gasteiger partial charge < -0.3 is 14.8 Å². The minimum Gasteiger partial charge on any atom is -0.493 e. The highest BCUT2D eigenvalue weighted by molar-refractivity contribution is 6.07. The van der Waals surface area contributed by atoms with E-state index in [9.17, 15) is 4.79 Å². The molecule has 28 heavy (non-hydrogen) atoms. The zero-order valence-corrected chi connectivity index (χ0v) is 15.4. The largest absolute Gasteiger partial charge is 0.493 e. The molecule has 0 unspecified atom stereocenters. The van der Waals surface area contributed by atoms with Crippen molar-refractivity contribution in [2.24, 2.45) is 0 Å². The maximum atomic E-state index is 12.8. The number of carbonyl (C=O) groups is 1. The normalized spacial score (nSPS) is 10.6. The molecule has 2 aromatic heterocycles. The number of aromatic nitrogens is 3. The second-order valence-corrected chi connectivity index (χ2v) is 6.03. The van der Waals surface area contributed by atoms with Gasteiger partial charge >= 0.3 is 0 Å². The fraction of sp³-hybridized carbons (Fsp3) is 0.0952. The van der Waals surface area contributed by atoms with Crippen molar-refractivity contribution in [3.8, 4) is 22.8 Å². The molecular weight excluding hydrogens is 356 g/mol. The Balaban J connectivity index is 1.63. The number of anilines is 1. The average molecular weight is 374 g/mol. The highest BCUT2D eigenvalue weighted by Crippen LogP contribution is 2.31. The minimum absolute atomic E-state index is 0.287. The number of methoxy groups -OCH3 is 2. The van der Waals surface area contributed by atoms with Gasteiger partial charge in [-0.1, -0.05) is 18.2 Å². The summed E-state index contributed by atoms with van der Waals surface area (Å²) in [6.45, 7) is 0. The van der Waals surface area contributed by atoms with E-state index in [4.69, 9.17) is 9.47 Å². The number of fused-ring (bicyclic) bond motifs is 1. The Bertz CT molecular complexity index is 1120. The lowest BCUT2D eigenvalue weighted by Gasteiger charge is -2.13. The van der Waals surface area contributed by atoms with Gasteiger partial charge in [0.2, 0.25) is 5.78 Å². The van der Waals surface area contributed by atoms with Gasteiger partial charge in [-0.3, -0.25) is 9.20 Å². The Labute approximate surface area is 161 Å². The number of nitrogens with one attached hydrogen (secondary N) is 1. The van der Waals surface area contributed by atoms with Crippen molar-refractivity contribution in [3.05, 3.63) is 72.7 Å². The number of hydrogen-bond donors (Lipinski definition) is 1. The first-order valence-corrected chi connectivity index (χ1v) is 8.62. The van der Waals surface area contributed by atoms with Gasteiger partial charge in [0.25, 0.3) is 5.91 Å². The van der Waals surface area contributed by atoms with Crippen LogP contribution in [-0.4, -0.2) is 34.5 Å². The predicted octanol–water partition coefficient (Wildman–Crippen LogP) is 3.67. The van der Waals surface area contributed by atoms with E-state index in [2.05, 4.69) is 15.3 Å². The van der Waals surface area contributed by atoms with Crippen LogP contribution in [0, 0.1) is 0 Å². The maximum Gasteiger partial charge on any atom is 0.259 e. The molecule has 4 aromatic rings. The molecule has 0 aliphatic heterocycles. The molecule has 0 radical (unpaired) electrons. The van der Waals surface area contributed by atoms with Crippen molar-refractivity contribution in [2.45, 2.75) is 0 Å². The Morgan fingerprint density at radius 1 is 1.07 bits per heavy atom. The van der Waals surface area contributed by atoms with E-state index >= 15 is 0 Å². The molecule has 7 nitrogen and oxygen atoms in total. The summed E-state index contributed by atoms with van der Waals surface area (Å²) < 4.78 is 12.5. The van der Waals surface area contributed by atoms with Crippen LogP contribution < -0.4 is 14.8 Å². The van der Waals surface area contributed by atoms with Gasteiger partial charge in [0.15, 0.2) is 11.5 Å². The molecule has 0 saturated carbocycles. The van der Waals surface area contributed by atoms with Crippen molar-refractivity contribution >= 4 is 17.4 Å². The number of rotatable bonds is 5. The quantitative estimate of drug-likeness (QED) is 0.577. The number of amides is 1. The number of hydrogen-bond acceptors (Lipinski definition) is 5. The third kappa shape index (κ3) is 3.25. The van der Waals surface area contributed by atoms with Crippen LogP contribution in [-0.2, 0) is 0 Å². The molecule has 7 heteroatoms. The van der Waals surface area contributed by atoms with Crippen LogP contribution in [0.5, 0.6) is 11.5 Å². The van der Waals surface area contributed by atoms with Crippen molar-refractivity contribution < 1.29 is 14.3 Å². The summed E-state index contributed by atoms with van der Waals surface area (Å²) in [4.78, 5) is 21.5. The molecule has 1 N–H and O–H groups in total. The summed E-state index contributed by atoms with van der Waals surface area (Å²) in [5, 5.41) is 2.90. The van der Waals surface area contributed by atoms with E-state index in [0.717, 1.165) is 11.3 Å². The summed E-state index contributed by atoms with van der Waals surface area (Å²) >= 11 is 0. The van der Waals surface area contributed by atoms with Crippen LogP contribution in [0.2, 0.25) is 0 Å². The molecule has 1 amide bonds. The molecule has 140 valence electrons. The van der Waals surface area contributed by atoms with Crippen LogP contribution in [0.25, 0.3) is 17.0 Å². The second-order valence-electron chi connectivity index (χ2n) is 6.03. The Kier molecular flexibility index (Phi) is 4.63. The number of carbonyl (C=O) groups excluding carboxylic acids is 1. The summed E-state index contributed by atoms with van der Waals surface area (Å²) in [7, 11) is 3.04. The summed E-state index contributed by atoms with van der Waals surface area (Å²) in [6.07, 6.45) is 5.48. The van der Waals surface area contributed by atoms with Crippen LogP contribution in [0.4, 0.5) is 5.69 Å². The second kappa shape index (κ2) is 7.40. The maximum absolute atomic E-state index is 12.8. The molecule has 2 aromatic carbocycles. The molecule has 0 bridgehead atoms. The van der Waals surface area contributed by atoms with Gasteiger partial charge in [0.05, 0.1) is 25.5 Å². The Hall–Kier alpha value is -3.87. The van der Waals surface area contributed by atoms with Crippen molar-refractivity contribution in [1.82, 2.24) is 14.4 Å². The van der Waals surface area contributed by atoms with Crippen LogP contribution in [0.3, 0.4) is 0 Å². The smallest absolute Gasteiger partial charge is 0.259 e. The van der Waals surface area contributed by atoms with Gasteiger partial charge in [0, 0.05) is 29.8 Å².